The topological polar surface area (TPSA) is 114 Å². The molecule has 6 nitrogen and oxygen atoms in total. The van der Waals surface area contributed by atoms with Crippen molar-refractivity contribution in [3.63, 3.8) is 0 Å². The van der Waals surface area contributed by atoms with Gasteiger partial charge in [0.2, 0.25) is 0 Å². The second-order valence-electron chi connectivity index (χ2n) is 8.50. The summed E-state index contributed by atoms with van der Waals surface area (Å²) in [6, 6.07) is 0. The fraction of sp³-hybridized carbons (Fsp3) is 1.00. The molecule has 0 atom stereocenters. The van der Waals surface area contributed by atoms with Crippen LogP contribution in [0.2, 0.25) is 18.4 Å². The molecule has 0 aromatic carbocycles. The third-order valence-electron chi connectivity index (χ3n) is 5.98. The molecule has 0 rings (SSSR count). The Hall–Kier alpha value is 0.474. The molecule has 28 heavy (non-hydrogen) atoms. The van der Waals surface area contributed by atoms with Crippen molar-refractivity contribution < 1.29 is 16.6 Å². The van der Waals surface area contributed by atoms with Crippen LogP contribution in [0, 0.1) is 0 Å². The van der Waals surface area contributed by atoms with E-state index in [2.05, 4.69) is 29.8 Å². The summed E-state index contributed by atoms with van der Waals surface area (Å²) < 4.78 is 5.40. The summed E-state index contributed by atoms with van der Waals surface area (Å²) in [5, 5.41) is 10.7. The van der Waals surface area contributed by atoms with Gasteiger partial charge >= 0.3 is 179 Å². The second-order valence-corrected chi connectivity index (χ2v) is 16.9. The Balaban J connectivity index is 4.45. The van der Waals surface area contributed by atoms with Crippen molar-refractivity contribution in [2.75, 3.05) is 58.9 Å². The van der Waals surface area contributed by atoms with Gasteiger partial charge in [0.1, 0.15) is 0 Å². The number of nitrogens with one attached hydrogen (secondary N) is 3. The van der Waals surface area contributed by atoms with Crippen molar-refractivity contribution in [3.05, 3.63) is 0 Å². The molecule has 170 valence electrons. The number of rotatable bonds is 22. The quantitative estimate of drug-likeness (QED) is 0.115. The summed E-state index contributed by atoms with van der Waals surface area (Å²) in [7, 11) is 0. The zero-order valence-corrected chi connectivity index (χ0v) is 20.6. The molecule has 0 heterocycles. The van der Waals surface area contributed by atoms with Gasteiger partial charge in [-0.25, -0.2) is 0 Å². The van der Waals surface area contributed by atoms with E-state index in [0.29, 0.717) is 0 Å². The maximum atomic E-state index is 5.59. The van der Waals surface area contributed by atoms with Crippen LogP contribution in [-0.2, 0) is 16.6 Å². The first kappa shape index (κ1) is 28.5. The van der Waals surface area contributed by atoms with E-state index in [1.165, 1.54) is 33.4 Å². The summed E-state index contributed by atoms with van der Waals surface area (Å²) in [6.07, 6.45) is 7.26. The van der Waals surface area contributed by atoms with E-state index in [0.717, 1.165) is 82.4 Å². The van der Waals surface area contributed by atoms with Gasteiger partial charge in [0.05, 0.1) is 0 Å². The van der Waals surface area contributed by atoms with Crippen molar-refractivity contribution in [3.8, 4) is 0 Å². The molecule has 0 saturated carbocycles. The van der Waals surface area contributed by atoms with Crippen LogP contribution in [0.3, 0.4) is 0 Å². The Morgan fingerprint density at radius 1 is 0.536 bits per heavy atom. The zero-order valence-electron chi connectivity index (χ0n) is 19.0. The SMILES string of the molecule is C[CH](C)[Ti]([CH2]CCNCCCN)([CH2]CCNCCCN)[CH2]CCNCCCN. The van der Waals surface area contributed by atoms with Crippen molar-refractivity contribution in [1.29, 1.82) is 0 Å². The van der Waals surface area contributed by atoms with Crippen molar-refractivity contribution in [1.82, 2.24) is 16.0 Å². The predicted molar refractivity (Wildman–Crippen MR) is 123 cm³/mol. The average molecular weight is 437 g/mol. The molecular weight excluding hydrogens is 384 g/mol. The minimum atomic E-state index is -1.87. The second kappa shape index (κ2) is 20.7. The Labute approximate surface area is 179 Å². The fourth-order valence-corrected chi connectivity index (χ4v) is 12.0. The minimum absolute atomic E-state index is 0.787. The predicted octanol–water partition coefficient (Wildman–Crippen LogP) is 2.21. The molecule has 0 radical (unpaired) electrons. The van der Waals surface area contributed by atoms with E-state index in [1.807, 2.05) is 0 Å². The van der Waals surface area contributed by atoms with Crippen LogP contribution in [0.4, 0.5) is 0 Å². The third-order valence-corrected chi connectivity index (χ3v) is 16.1. The van der Waals surface area contributed by atoms with Crippen LogP contribution in [0.5, 0.6) is 0 Å². The number of hydrogen-bond donors (Lipinski definition) is 6. The monoisotopic (exact) mass is 436 g/mol. The summed E-state index contributed by atoms with van der Waals surface area (Å²) >= 11 is -1.87. The van der Waals surface area contributed by atoms with Crippen LogP contribution in [-0.4, -0.2) is 58.9 Å². The van der Waals surface area contributed by atoms with Gasteiger partial charge in [-0.05, 0) is 0 Å². The Morgan fingerprint density at radius 3 is 1.07 bits per heavy atom. The van der Waals surface area contributed by atoms with Gasteiger partial charge < -0.3 is 0 Å². The Morgan fingerprint density at radius 2 is 0.821 bits per heavy atom. The van der Waals surface area contributed by atoms with E-state index >= 15 is 0 Å². The van der Waals surface area contributed by atoms with Crippen LogP contribution >= 0.6 is 0 Å². The fourth-order valence-electron chi connectivity index (χ4n) is 3.99. The molecule has 0 saturated heterocycles. The van der Waals surface area contributed by atoms with Gasteiger partial charge in [0, 0.05) is 0 Å². The van der Waals surface area contributed by atoms with Crippen LogP contribution in [0.25, 0.3) is 0 Å². The summed E-state index contributed by atoms with van der Waals surface area (Å²) in [5.74, 6) is 0. The Kier molecular flexibility index (Phi) is 21.1. The molecule has 7 heteroatoms. The number of hydrogen-bond acceptors (Lipinski definition) is 6. The summed E-state index contributed by atoms with van der Waals surface area (Å²) in [5.41, 5.74) is 16.8. The zero-order chi connectivity index (χ0) is 20.9. The molecule has 0 aromatic rings. The van der Waals surface area contributed by atoms with Crippen LogP contribution in [0.1, 0.15) is 52.4 Å². The van der Waals surface area contributed by atoms with Gasteiger partial charge in [0.15, 0.2) is 0 Å². The molecule has 0 aromatic heterocycles. The van der Waals surface area contributed by atoms with Crippen molar-refractivity contribution in [2.24, 2.45) is 17.2 Å². The van der Waals surface area contributed by atoms with Gasteiger partial charge in [-0.15, -0.1) is 0 Å². The third kappa shape index (κ3) is 15.3. The molecule has 0 amide bonds. The van der Waals surface area contributed by atoms with E-state index in [4.69, 9.17) is 17.2 Å². The molecule has 0 fully saturated rings. The molecule has 9 N–H and O–H groups in total. The first-order valence-corrected chi connectivity index (χ1v) is 16.1. The van der Waals surface area contributed by atoms with E-state index in [1.54, 1.807) is 0 Å². The average Bonchev–Trinajstić information content (AvgIpc) is 2.69. The molecule has 0 unspecified atom stereocenters. The maximum absolute atomic E-state index is 5.59. The summed E-state index contributed by atoms with van der Waals surface area (Å²) in [4.78, 5) is 0. The van der Waals surface area contributed by atoms with Crippen LogP contribution in [0.15, 0.2) is 0 Å². The first-order chi connectivity index (χ1) is 13.6. The molecule has 0 bridgehead atoms. The normalized spacial score (nSPS) is 12.2. The van der Waals surface area contributed by atoms with E-state index < -0.39 is 16.6 Å². The molecule has 0 aliphatic carbocycles. The van der Waals surface area contributed by atoms with Crippen LogP contribution < -0.4 is 33.2 Å². The standard InChI is InChI=1S/3C6H15N2.C3H7.Ti/c3*1-2-5-8-6-3-4-7;1-3-2;/h3*8H,1-7H2;3H,1-2H3;. The number of nitrogens with two attached hydrogens (primary N) is 3. The molecular formula is C21H52N6Ti. The van der Waals surface area contributed by atoms with Gasteiger partial charge in [-0.2, -0.15) is 0 Å². The van der Waals surface area contributed by atoms with E-state index in [9.17, 15) is 0 Å². The van der Waals surface area contributed by atoms with Crippen molar-refractivity contribution in [2.45, 2.75) is 70.8 Å². The summed E-state index contributed by atoms with van der Waals surface area (Å²) in [6.45, 7) is 14.0. The molecule has 0 spiro atoms. The molecule has 0 aliphatic heterocycles. The van der Waals surface area contributed by atoms with Gasteiger partial charge in [0.25, 0.3) is 0 Å². The van der Waals surface area contributed by atoms with Crippen molar-refractivity contribution >= 4 is 0 Å². The van der Waals surface area contributed by atoms with Gasteiger partial charge in [-0.3, -0.25) is 0 Å². The first-order valence-electron chi connectivity index (χ1n) is 11.9. The van der Waals surface area contributed by atoms with E-state index in [-0.39, 0.29) is 0 Å². The van der Waals surface area contributed by atoms with Gasteiger partial charge in [-0.1, -0.05) is 0 Å². The molecule has 0 aliphatic rings. The Bertz CT molecular complexity index is 276.